The number of halogens is 1. The summed E-state index contributed by atoms with van der Waals surface area (Å²) in [5.41, 5.74) is 2.53. The Kier molecular flexibility index (Phi) is 4.58. The molecule has 0 aromatic heterocycles. The third kappa shape index (κ3) is 3.81. The highest BCUT2D eigenvalue weighted by Gasteiger charge is 2.08. The molecule has 0 amide bonds. The van der Waals surface area contributed by atoms with Crippen LogP contribution < -0.4 is 5.32 Å². The molecule has 0 heterocycles. The second kappa shape index (κ2) is 6.39. The molecule has 3 nitrogen and oxygen atoms in total. The van der Waals surface area contributed by atoms with Gasteiger partial charge in [-0.1, -0.05) is 26.0 Å². The molecule has 2 aromatic rings. The maximum atomic E-state index is 13.7. The van der Waals surface area contributed by atoms with E-state index in [1.54, 1.807) is 0 Å². The molecule has 0 atom stereocenters. The van der Waals surface area contributed by atoms with E-state index in [4.69, 9.17) is 5.11 Å². The van der Waals surface area contributed by atoms with Gasteiger partial charge in [-0.25, -0.2) is 9.18 Å². The zero-order chi connectivity index (χ0) is 15.4. The lowest BCUT2D eigenvalue weighted by Crippen LogP contribution is -2.05. The Balaban J connectivity index is 2.09. The number of carboxylic acid groups (broad SMARTS) is 1. The van der Waals surface area contributed by atoms with Crippen LogP contribution in [0.1, 0.15) is 41.3 Å². The van der Waals surface area contributed by atoms with Gasteiger partial charge in [-0.2, -0.15) is 0 Å². The molecule has 0 aliphatic rings. The van der Waals surface area contributed by atoms with Crippen LogP contribution in [0.2, 0.25) is 0 Å². The molecule has 0 aliphatic heterocycles. The van der Waals surface area contributed by atoms with E-state index in [0.29, 0.717) is 11.5 Å². The lowest BCUT2D eigenvalue weighted by atomic mass is 10.0. The molecule has 0 saturated carbocycles. The summed E-state index contributed by atoms with van der Waals surface area (Å²) in [7, 11) is 0. The van der Waals surface area contributed by atoms with Crippen molar-refractivity contribution in [3.8, 4) is 0 Å². The summed E-state index contributed by atoms with van der Waals surface area (Å²) in [6, 6.07) is 11.7. The molecule has 0 spiro atoms. The van der Waals surface area contributed by atoms with Gasteiger partial charge in [-0.15, -0.1) is 0 Å². The van der Waals surface area contributed by atoms with Gasteiger partial charge >= 0.3 is 5.97 Å². The standard InChI is InChI=1S/C17H18FNO2/c1-11(2)12-3-6-15(7-4-12)19-10-14-9-13(17(20)21)5-8-16(14)18/h3-9,11,19H,10H2,1-2H3,(H,20,21). The molecule has 0 saturated heterocycles. The Hall–Kier alpha value is -2.36. The van der Waals surface area contributed by atoms with Crippen LogP contribution in [0, 0.1) is 5.82 Å². The molecule has 4 heteroatoms. The number of carboxylic acids is 1. The highest BCUT2D eigenvalue weighted by atomic mass is 19.1. The smallest absolute Gasteiger partial charge is 0.335 e. The average molecular weight is 287 g/mol. The van der Waals surface area contributed by atoms with Crippen molar-refractivity contribution in [3.05, 3.63) is 65.0 Å². The van der Waals surface area contributed by atoms with Gasteiger partial charge in [-0.05, 0) is 41.8 Å². The average Bonchev–Trinajstić information content (AvgIpc) is 2.46. The summed E-state index contributed by atoms with van der Waals surface area (Å²) in [6.07, 6.45) is 0. The van der Waals surface area contributed by atoms with E-state index in [1.165, 1.54) is 23.8 Å². The van der Waals surface area contributed by atoms with Crippen LogP contribution in [0.3, 0.4) is 0 Å². The predicted octanol–water partition coefficient (Wildman–Crippen LogP) is 4.26. The molecule has 110 valence electrons. The molecule has 0 fully saturated rings. The Labute approximate surface area is 123 Å². The second-order valence-electron chi connectivity index (χ2n) is 5.24. The molecule has 2 N–H and O–H groups in total. The van der Waals surface area contributed by atoms with Crippen molar-refractivity contribution in [2.45, 2.75) is 26.3 Å². The maximum absolute atomic E-state index is 13.7. The molecule has 2 rings (SSSR count). The Bertz CT molecular complexity index is 636. The zero-order valence-corrected chi connectivity index (χ0v) is 12.1. The first-order valence-electron chi connectivity index (χ1n) is 6.83. The lowest BCUT2D eigenvalue weighted by molar-refractivity contribution is 0.0696. The van der Waals surface area contributed by atoms with Crippen LogP contribution in [-0.4, -0.2) is 11.1 Å². The van der Waals surface area contributed by atoms with E-state index in [-0.39, 0.29) is 12.1 Å². The third-order valence-corrected chi connectivity index (χ3v) is 3.35. The van der Waals surface area contributed by atoms with E-state index >= 15 is 0 Å². The number of hydrogen-bond acceptors (Lipinski definition) is 2. The first-order chi connectivity index (χ1) is 9.97. The third-order valence-electron chi connectivity index (χ3n) is 3.35. The molecule has 0 radical (unpaired) electrons. The van der Waals surface area contributed by atoms with Crippen LogP contribution >= 0.6 is 0 Å². The molecule has 0 aliphatic carbocycles. The maximum Gasteiger partial charge on any atom is 0.335 e. The minimum absolute atomic E-state index is 0.0864. The highest BCUT2D eigenvalue weighted by Crippen LogP contribution is 2.18. The number of aromatic carboxylic acids is 1. The molecule has 0 unspecified atom stereocenters. The summed E-state index contributed by atoms with van der Waals surface area (Å²) in [4.78, 5) is 10.9. The lowest BCUT2D eigenvalue weighted by Gasteiger charge is -2.10. The summed E-state index contributed by atoms with van der Waals surface area (Å²) < 4.78 is 13.7. The van der Waals surface area contributed by atoms with E-state index < -0.39 is 11.8 Å². The van der Waals surface area contributed by atoms with E-state index in [1.807, 2.05) is 24.3 Å². The monoisotopic (exact) mass is 287 g/mol. The Morgan fingerprint density at radius 1 is 1.19 bits per heavy atom. The zero-order valence-electron chi connectivity index (χ0n) is 12.1. The summed E-state index contributed by atoms with van der Waals surface area (Å²) in [5, 5.41) is 12.0. The Morgan fingerprint density at radius 2 is 1.86 bits per heavy atom. The number of nitrogens with one attached hydrogen (secondary N) is 1. The van der Waals surface area contributed by atoms with Crippen LogP contribution in [0.15, 0.2) is 42.5 Å². The Morgan fingerprint density at radius 3 is 2.43 bits per heavy atom. The van der Waals surface area contributed by atoms with Crippen LogP contribution in [0.25, 0.3) is 0 Å². The summed E-state index contributed by atoms with van der Waals surface area (Å²) in [6.45, 7) is 4.48. The number of rotatable bonds is 5. The van der Waals surface area contributed by atoms with Gasteiger partial charge in [0.1, 0.15) is 5.82 Å². The van der Waals surface area contributed by atoms with Crippen LogP contribution in [0.4, 0.5) is 10.1 Å². The summed E-state index contributed by atoms with van der Waals surface area (Å²) in [5.74, 6) is -1.01. The first kappa shape index (κ1) is 15.0. The van der Waals surface area contributed by atoms with Crippen molar-refractivity contribution >= 4 is 11.7 Å². The second-order valence-corrected chi connectivity index (χ2v) is 5.24. The number of hydrogen-bond donors (Lipinski definition) is 2. The molecule has 2 aromatic carbocycles. The fraction of sp³-hybridized carbons (Fsp3) is 0.235. The van der Waals surface area contributed by atoms with Crippen molar-refractivity contribution < 1.29 is 14.3 Å². The van der Waals surface area contributed by atoms with Gasteiger partial charge in [0.25, 0.3) is 0 Å². The quantitative estimate of drug-likeness (QED) is 0.864. The minimum atomic E-state index is -1.06. The topological polar surface area (TPSA) is 49.3 Å². The van der Waals surface area contributed by atoms with Gasteiger partial charge in [0, 0.05) is 17.8 Å². The van der Waals surface area contributed by atoms with Gasteiger partial charge in [-0.3, -0.25) is 0 Å². The highest BCUT2D eigenvalue weighted by molar-refractivity contribution is 5.87. The normalized spacial score (nSPS) is 10.7. The van der Waals surface area contributed by atoms with Crippen molar-refractivity contribution in [2.75, 3.05) is 5.32 Å². The SMILES string of the molecule is CC(C)c1ccc(NCc2cc(C(=O)O)ccc2F)cc1. The fourth-order valence-corrected chi connectivity index (χ4v) is 2.03. The largest absolute Gasteiger partial charge is 0.478 e. The molecule has 0 bridgehead atoms. The van der Waals surface area contributed by atoms with Gasteiger partial charge in [0.05, 0.1) is 5.56 Å². The molecular weight excluding hydrogens is 269 g/mol. The van der Waals surface area contributed by atoms with Gasteiger partial charge in [0.15, 0.2) is 0 Å². The van der Waals surface area contributed by atoms with E-state index in [9.17, 15) is 9.18 Å². The van der Waals surface area contributed by atoms with Gasteiger partial charge < -0.3 is 10.4 Å². The molecule has 21 heavy (non-hydrogen) atoms. The first-order valence-corrected chi connectivity index (χ1v) is 6.83. The number of benzene rings is 2. The minimum Gasteiger partial charge on any atom is -0.478 e. The fourth-order valence-electron chi connectivity index (χ4n) is 2.03. The van der Waals surface area contributed by atoms with Crippen molar-refractivity contribution in [3.63, 3.8) is 0 Å². The van der Waals surface area contributed by atoms with Gasteiger partial charge in [0.2, 0.25) is 0 Å². The summed E-state index contributed by atoms with van der Waals surface area (Å²) >= 11 is 0. The van der Waals surface area contributed by atoms with Crippen molar-refractivity contribution in [1.82, 2.24) is 0 Å². The number of anilines is 1. The van der Waals surface area contributed by atoms with Crippen molar-refractivity contribution in [2.24, 2.45) is 0 Å². The van der Waals surface area contributed by atoms with E-state index in [2.05, 4.69) is 19.2 Å². The predicted molar refractivity (Wildman–Crippen MR) is 81.2 cm³/mol. The van der Waals surface area contributed by atoms with Crippen LogP contribution in [0.5, 0.6) is 0 Å². The number of carbonyl (C=O) groups is 1. The molecular formula is C17H18FNO2. The van der Waals surface area contributed by atoms with E-state index in [0.717, 1.165) is 5.69 Å². The van der Waals surface area contributed by atoms with Crippen molar-refractivity contribution in [1.29, 1.82) is 0 Å². The van der Waals surface area contributed by atoms with Crippen LogP contribution in [-0.2, 0) is 6.54 Å².